The Morgan fingerprint density at radius 3 is 2.84 bits per heavy atom. The summed E-state index contributed by atoms with van der Waals surface area (Å²) in [5.74, 6) is -0.340. The topological polar surface area (TPSA) is 46.6 Å². The van der Waals surface area contributed by atoms with Crippen LogP contribution in [0, 0.1) is 11.3 Å². The Labute approximate surface area is 112 Å². The molecular weight excluding hydrogens is 242 g/mol. The van der Waals surface area contributed by atoms with Gasteiger partial charge in [-0.15, -0.1) is 0 Å². The smallest absolute Gasteiger partial charge is 0.309 e. The number of nitrogens with zero attached hydrogens (tertiary/aromatic N) is 1. The van der Waals surface area contributed by atoms with Gasteiger partial charge in [0, 0.05) is 13.1 Å². The Bertz CT molecular complexity index is 513. The number of ether oxygens (including phenoxy) is 1. The van der Waals surface area contributed by atoms with Crippen molar-refractivity contribution < 1.29 is 14.3 Å². The fourth-order valence-corrected chi connectivity index (χ4v) is 3.08. The summed E-state index contributed by atoms with van der Waals surface area (Å²) in [5.41, 5.74) is 0.685. The van der Waals surface area contributed by atoms with Gasteiger partial charge < -0.3 is 9.64 Å². The van der Waals surface area contributed by atoms with Crippen LogP contribution in [0.1, 0.15) is 18.4 Å². The molecule has 1 saturated carbocycles. The maximum Gasteiger partial charge on any atom is 0.309 e. The lowest BCUT2D eigenvalue weighted by Gasteiger charge is -2.16. The fourth-order valence-electron chi connectivity index (χ4n) is 3.08. The van der Waals surface area contributed by atoms with Crippen molar-refractivity contribution in [2.24, 2.45) is 11.3 Å². The summed E-state index contributed by atoms with van der Waals surface area (Å²) in [6.45, 7) is 1.37. The zero-order valence-corrected chi connectivity index (χ0v) is 11.0. The lowest BCUT2D eigenvalue weighted by Crippen LogP contribution is -2.29. The number of hydrogen-bond acceptors (Lipinski definition) is 3. The van der Waals surface area contributed by atoms with Gasteiger partial charge in [0.15, 0.2) is 0 Å². The highest BCUT2D eigenvalue weighted by molar-refractivity contribution is 5.95. The molecule has 1 saturated heterocycles. The van der Waals surface area contributed by atoms with Gasteiger partial charge in [-0.3, -0.25) is 9.59 Å². The third-order valence-electron chi connectivity index (χ3n) is 4.32. The lowest BCUT2D eigenvalue weighted by molar-refractivity contribution is -0.145. The van der Waals surface area contributed by atoms with Crippen molar-refractivity contribution in [2.75, 3.05) is 13.7 Å². The molecule has 2 atom stereocenters. The predicted molar refractivity (Wildman–Crippen MR) is 69.0 cm³/mol. The maximum absolute atomic E-state index is 12.4. The summed E-state index contributed by atoms with van der Waals surface area (Å²) in [6, 6.07) is 9.94. The largest absolute Gasteiger partial charge is 0.469 e. The number of carbonyl (C=O) groups is 2. The highest BCUT2D eigenvalue weighted by atomic mass is 16.5. The molecule has 4 heteroatoms. The summed E-state index contributed by atoms with van der Waals surface area (Å²) in [7, 11) is 1.38. The van der Waals surface area contributed by atoms with E-state index in [1.165, 1.54) is 7.11 Å². The van der Waals surface area contributed by atoms with E-state index in [-0.39, 0.29) is 17.8 Å². The first-order valence-corrected chi connectivity index (χ1v) is 6.58. The molecule has 0 unspecified atom stereocenters. The van der Waals surface area contributed by atoms with Gasteiger partial charge in [0.2, 0.25) is 5.91 Å². The van der Waals surface area contributed by atoms with Gasteiger partial charge >= 0.3 is 5.97 Å². The zero-order valence-electron chi connectivity index (χ0n) is 11.0. The van der Waals surface area contributed by atoms with Crippen LogP contribution in [0.3, 0.4) is 0 Å². The van der Waals surface area contributed by atoms with Gasteiger partial charge in [-0.1, -0.05) is 30.3 Å². The number of rotatable bonds is 3. The second kappa shape index (κ2) is 4.37. The molecule has 1 heterocycles. The summed E-state index contributed by atoms with van der Waals surface area (Å²) >= 11 is 0. The highest BCUT2D eigenvalue weighted by Gasteiger charge is 2.67. The number of likely N-dealkylation sites (tertiary alicyclic amines) is 1. The minimum atomic E-state index is -0.443. The van der Waals surface area contributed by atoms with Gasteiger partial charge in [0.1, 0.15) is 0 Å². The molecule has 0 N–H and O–H groups in total. The highest BCUT2D eigenvalue weighted by Crippen LogP contribution is 2.59. The van der Waals surface area contributed by atoms with Crippen molar-refractivity contribution in [3.05, 3.63) is 35.9 Å². The number of hydrogen-bond donors (Lipinski definition) is 0. The Kier molecular flexibility index (Phi) is 2.81. The van der Waals surface area contributed by atoms with E-state index in [0.29, 0.717) is 13.0 Å². The average Bonchev–Trinajstić information content (AvgIpc) is 3.11. The number of benzene rings is 1. The van der Waals surface area contributed by atoms with E-state index >= 15 is 0 Å². The van der Waals surface area contributed by atoms with Gasteiger partial charge in [-0.05, 0) is 18.4 Å². The van der Waals surface area contributed by atoms with Crippen LogP contribution in [0.5, 0.6) is 0 Å². The SMILES string of the molecule is COC(=O)[C@H]1C[C@@]12CCN(Cc1ccccc1)C2=O. The van der Waals surface area contributed by atoms with Gasteiger partial charge in [0.05, 0.1) is 18.4 Å². The quantitative estimate of drug-likeness (QED) is 0.775. The second-order valence-corrected chi connectivity index (χ2v) is 5.40. The van der Waals surface area contributed by atoms with Crippen molar-refractivity contribution in [3.63, 3.8) is 0 Å². The molecule has 2 aliphatic rings. The molecule has 0 bridgehead atoms. The maximum atomic E-state index is 12.4. The molecule has 0 aromatic heterocycles. The Balaban J connectivity index is 1.69. The summed E-state index contributed by atoms with van der Waals surface area (Å²) in [4.78, 5) is 25.9. The molecule has 1 aromatic rings. The standard InChI is InChI=1S/C15H17NO3/c1-19-13(17)12-9-15(12)7-8-16(14(15)18)10-11-5-3-2-4-6-11/h2-6,12H,7-10H2,1H3/t12-,15+/m1/s1. The molecule has 1 amide bonds. The molecule has 3 rings (SSSR count). The van der Waals surface area contributed by atoms with Crippen molar-refractivity contribution >= 4 is 11.9 Å². The summed E-state index contributed by atoms with van der Waals surface area (Å²) < 4.78 is 4.75. The van der Waals surface area contributed by atoms with E-state index in [1.54, 1.807) is 0 Å². The van der Waals surface area contributed by atoms with Crippen LogP contribution in [0.2, 0.25) is 0 Å². The van der Waals surface area contributed by atoms with Crippen LogP contribution in [-0.4, -0.2) is 30.4 Å². The van der Waals surface area contributed by atoms with E-state index in [9.17, 15) is 9.59 Å². The first-order valence-electron chi connectivity index (χ1n) is 6.58. The third-order valence-corrected chi connectivity index (χ3v) is 4.32. The fraction of sp³-hybridized carbons (Fsp3) is 0.467. The van der Waals surface area contributed by atoms with E-state index in [2.05, 4.69) is 0 Å². The minimum Gasteiger partial charge on any atom is -0.469 e. The Morgan fingerprint density at radius 1 is 1.42 bits per heavy atom. The monoisotopic (exact) mass is 259 g/mol. The van der Waals surface area contributed by atoms with Crippen molar-refractivity contribution in [1.29, 1.82) is 0 Å². The summed E-state index contributed by atoms with van der Waals surface area (Å²) in [5, 5.41) is 0. The zero-order chi connectivity index (χ0) is 13.5. The van der Waals surface area contributed by atoms with Gasteiger partial charge in [-0.2, -0.15) is 0 Å². The van der Waals surface area contributed by atoms with Crippen LogP contribution >= 0.6 is 0 Å². The van der Waals surface area contributed by atoms with E-state index in [1.807, 2.05) is 35.2 Å². The third kappa shape index (κ3) is 1.91. The Morgan fingerprint density at radius 2 is 2.16 bits per heavy atom. The van der Waals surface area contributed by atoms with Crippen LogP contribution in [0.15, 0.2) is 30.3 Å². The van der Waals surface area contributed by atoms with Crippen molar-refractivity contribution in [3.8, 4) is 0 Å². The second-order valence-electron chi connectivity index (χ2n) is 5.40. The lowest BCUT2D eigenvalue weighted by atomic mass is 10.0. The molecule has 0 radical (unpaired) electrons. The van der Waals surface area contributed by atoms with E-state index < -0.39 is 5.41 Å². The molecule has 1 aliphatic carbocycles. The molecule has 1 spiro atoms. The normalized spacial score (nSPS) is 28.8. The van der Waals surface area contributed by atoms with Gasteiger partial charge in [-0.25, -0.2) is 0 Å². The molecule has 4 nitrogen and oxygen atoms in total. The van der Waals surface area contributed by atoms with Crippen LogP contribution < -0.4 is 0 Å². The van der Waals surface area contributed by atoms with Crippen LogP contribution in [0.4, 0.5) is 0 Å². The molecule has 100 valence electrons. The molecule has 2 fully saturated rings. The molecule has 19 heavy (non-hydrogen) atoms. The van der Waals surface area contributed by atoms with Crippen molar-refractivity contribution in [1.82, 2.24) is 4.90 Å². The number of amides is 1. The number of esters is 1. The van der Waals surface area contributed by atoms with E-state index in [0.717, 1.165) is 18.5 Å². The van der Waals surface area contributed by atoms with Crippen LogP contribution in [-0.2, 0) is 20.9 Å². The van der Waals surface area contributed by atoms with Crippen molar-refractivity contribution in [2.45, 2.75) is 19.4 Å². The molecular formula is C15H17NO3. The average molecular weight is 259 g/mol. The first kappa shape index (κ1) is 12.2. The van der Waals surface area contributed by atoms with E-state index in [4.69, 9.17) is 4.74 Å². The summed E-state index contributed by atoms with van der Waals surface area (Å²) in [6.07, 6.45) is 1.43. The Hall–Kier alpha value is -1.84. The minimum absolute atomic E-state index is 0.117. The number of carbonyl (C=O) groups excluding carboxylic acids is 2. The van der Waals surface area contributed by atoms with Crippen LogP contribution in [0.25, 0.3) is 0 Å². The molecule has 1 aromatic carbocycles. The first-order chi connectivity index (χ1) is 9.17. The van der Waals surface area contributed by atoms with Gasteiger partial charge in [0.25, 0.3) is 0 Å². The molecule has 1 aliphatic heterocycles. The predicted octanol–water partition coefficient (Wildman–Crippen LogP) is 1.60. The number of methoxy groups -OCH3 is 1.